The van der Waals surface area contributed by atoms with Gasteiger partial charge in [0.05, 0.1) is 13.0 Å². The van der Waals surface area contributed by atoms with Crippen molar-refractivity contribution >= 4 is 23.6 Å². The molecule has 6 rings (SSSR count). The molecule has 2 aromatic rings. The molecule has 35 heavy (non-hydrogen) atoms. The summed E-state index contributed by atoms with van der Waals surface area (Å²) in [5.74, 6) is -0.0148. The summed E-state index contributed by atoms with van der Waals surface area (Å²) in [4.78, 5) is 49.2. The molecule has 1 unspecified atom stereocenters. The third-order valence-electron chi connectivity index (χ3n) is 7.98. The summed E-state index contributed by atoms with van der Waals surface area (Å²) in [6.07, 6.45) is 2.88. The number of rotatable bonds is 5. The number of hydrogen-bond acceptors (Lipinski definition) is 5. The number of nitrogens with zero attached hydrogens (tertiary/aromatic N) is 1. The van der Waals surface area contributed by atoms with E-state index in [4.69, 9.17) is 4.74 Å². The number of Topliss-reactive ketones (excluding diaryl/α,β-unsaturated/α-hetero) is 1. The third kappa shape index (κ3) is 4.47. The molecule has 182 valence electrons. The number of carboxylic acid groups (broad SMARTS) is 1. The minimum absolute atomic E-state index is 0.0956. The summed E-state index contributed by atoms with van der Waals surface area (Å²) in [5, 5.41) is 9.18. The smallest absolute Gasteiger partial charge is 0.326 e. The van der Waals surface area contributed by atoms with Crippen molar-refractivity contribution in [2.45, 2.75) is 25.3 Å². The van der Waals surface area contributed by atoms with Gasteiger partial charge in [-0.2, -0.15) is 0 Å². The fraction of sp³-hybridized carbons (Fsp3) is 0.429. The quantitative estimate of drug-likeness (QED) is 0.524. The SMILES string of the molecule is COC(=O)[C@@H]1C(C(=O)c2ccccc2)C[C@H]2C[C@H]21.O=C(O)[C@H]1[C@@H]2C[C@@H]2CN1C(=O)c1ccccc1. The van der Waals surface area contributed by atoms with Crippen molar-refractivity contribution in [2.75, 3.05) is 13.7 Å². The van der Waals surface area contributed by atoms with Crippen LogP contribution < -0.4 is 0 Å². The van der Waals surface area contributed by atoms with Crippen LogP contribution in [0.3, 0.4) is 0 Å². The van der Waals surface area contributed by atoms with E-state index >= 15 is 0 Å². The number of hydrogen-bond donors (Lipinski definition) is 1. The highest BCUT2D eigenvalue weighted by Crippen LogP contribution is 2.59. The van der Waals surface area contributed by atoms with E-state index in [1.807, 2.05) is 36.4 Å². The number of carboxylic acids is 1. The van der Waals surface area contributed by atoms with E-state index in [9.17, 15) is 24.3 Å². The molecule has 7 nitrogen and oxygen atoms in total. The molecule has 0 spiro atoms. The van der Waals surface area contributed by atoms with Crippen LogP contribution in [-0.4, -0.2) is 53.3 Å². The number of carbonyl (C=O) groups excluding carboxylic acids is 3. The van der Waals surface area contributed by atoms with Gasteiger partial charge in [-0.15, -0.1) is 0 Å². The Bertz CT molecular complexity index is 1130. The van der Waals surface area contributed by atoms with E-state index in [1.165, 1.54) is 12.0 Å². The Balaban J connectivity index is 0.000000145. The standard InChI is InChI=1S/C15H16O3.C13H13NO3/c1-18-15(17)13-11-7-10(11)8-12(13)14(16)9-5-3-2-4-6-9;15-12(8-4-2-1-3-5-8)14-7-9-6-10(9)11(14)13(16)17/h2-6,10-13H,7-8H2,1H3;1-5,9-11H,6-7H2,(H,16,17)/t10-,11-,12?,13+;9-,10-,11-/m11/s1. The highest BCUT2D eigenvalue weighted by molar-refractivity contribution is 6.00. The zero-order chi connectivity index (χ0) is 24.7. The maximum atomic E-state index is 12.4. The second-order valence-electron chi connectivity index (χ2n) is 10.0. The molecule has 1 heterocycles. The highest BCUT2D eigenvalue weighted by Gasteiger charge is 2.59. The Hall–Kier alpha value is -3.48. The summed E-state index contributed by atoms with van der Waals surface area (Å²) < 4.78 is 4.86. The van der Waals surface area contributed by atoms with Gasteiger partial charge in [-0.3, -0.25) is 14.4 Å². The van der Waals surface area contributed by atoms with E-state index in [1.54, 1.807) is 24.3 Å². The van der Waals surface area contributed by atoms with Gasteiger partial charge in [0, 0.05) is 23.6 Å². The summed E-state index contributed by atoms with van der Waals surface area (Å²) in [6, 6.07) is 17.5. The Morgan fingerprint density at radius 1 is 0.829 bits per heavy atom. The van der Waals surface area contributed by atoms with Crippen molar-refractivity contribution in [3.63, 3.8) is 0 Å². The Kier molecular flexibility index (Phi) is 6.17. The molecule has 1 amide bonds. The van der Waals surface area contributed by atoms with E-state index in [-0.39, 0.29) is 35.4 Å². The molecule has 2 aromatic carbocycles. The summed E-state index contributed by atoms with van der Waals surface area (Å²) >= 11 is 0. The number of esters is 1. The molecular formula is C28H29NO6. The van der Waals surface area contributed by atoms with Crippen LogP contribution in [0.25, 0.3) is 0 Å². The first kappa shape index (κ1) is 23.3. The Labute approximate surface area is 204 Å². The first-order chi connectivity index (χ1) is 16.9. The van der Waals surface area contributed by atoms with Gasteiger partial charge in [-0.05, 0) is 55.1 Å². The van der Waals surface area contributed by atoms with Gasteiger partial charge in [0.2, 0.25) is 0 Å². The number of aliphatic carboxylic acids is 1. The van der Waals surface area contributed by atoms with Crippen LogP contribution in [0.1, 0.15) is 40.0 Å². The van der Waals surface area contributed by atoms with Gasteiger partial charge < -0.3 is 14.7 Å². The third-order valence-corrected chi connectivity index (χ3v) is 7.98. The lowest BCUT2D eigenvalue weighted by Crippen LogP contribution is -2.43. The molecule has 0 radical (unpaired) electrons. The number of piperidine rings is 1. The molecule has 7 atom stereocenters. The Morgan fingerprint density at radius 3 is 2.03 bits per heavy atom. The van der Waals surface area contributed by atoms with Crippen LogP contribution in [0.2, 0.25) is 0 Å². The van der Waals surface area contributed by atoms with Crippen LogP contribution in [0.4, 0.5) is 0 Å². The van der Waals surface area contributed by atoms with Crippen molar-refractivity contribution in [2.24, 2.45) is 35.5 Å². The molecule has 0 bridgehead atoms. The summed E-state index contributed by atoms with van der Waals surface area (Å²) in [7, 11) is 1.40. The number of carbonyl (C=O) groups is 4. The molecule has 3 aliphatic carbocycles. The number of fused-ring (bicyclic) bond motifs is 2. The van der Waals surface area contributed by atoms with Crippen LogP contribution in [0.15, 0.2) is 60.7 Å². The largest absolute Gasteiger partial charge is 0.480 e. The van der Waals surface area contributed by atoms with Crippen LogP contribution in [0.5, 0.6) is 0 Å². The van der Waals surface area contributed by atoms with E-state index < -0.39 is 12.0 Å². The lowest BCUT2D eigenvalue weighted by molar-refractivity contribution is -0.147. The maximum Gasteiger partial charge on any atom is 0.326 e. The number of methoxy groups -OCH3 is 1. The van der Waals surface area contributed by atoms with Gasteiger partial charge in [0.15, 0.2) is 5.78 Å². The first-order valence-corrected chi connectivity index (χ1v) is 12.2. The lowest BCUT2D eigenvalue weighted by Gasteiger charge is -2.24. The molecule has 1 aliphatic heterocycles. The molecule has 0 aromatic heterocycles. The minimum Gasteiger partial charge on any atom is -0.480 e. The van der Waals surface area contributed by atoms with Crippen molar-refractivity contribution < 1.29 is 29.0 Å². The van der Waals surface area contributed by atoms with Gasteiger partial charge in [-0.1, -0.05) is 48.5 Å². The van der Waals surface area contributed by atoms with Crippen molar-refractivity contribution in [3.8, 4) is 0 Å². The Morgan fingerprint density at radius 2 is 1.43 bits per heavy atom. The topological polar surface area (TPSA) is 101 Å². The zero-order valence-corrected chi connectivity index (χ0v) is 19.6. The second kappa shape index (κ2) is 9.29. The molecular weight excluding hydrogens is 446 g/mol. The number of benzene rings is 2. The number of amides is 1. The lowest BCUT2D eigenvalue weighted by atomic mass is 9.85. The van der Waals surface area contributed by atoms with E-state index in [2.05, 4.69) is 0 Å². The molecule has 7 heteroatoms. The zero-order valence-electron chi connectivity index (χ0n) is 19.6. The number of ketones is 1. The molecule has 3 saturated carbocycles. The van der Waals surface area contributed by atoms with E-state index in [0.29, 0.717) is 35.4 Å². The molecule has 1 saturated heterocycles. The van der Waals surface area contributed by atoms with Crippen molar-refractivity contribution in [1.82, 2.24) is 4.90 Å². The molecule has 1 N–H and O–H groups in total. The van der Waals surface area contributed by atoms with Crippen LogP contribution in [0, 0.1) is 35.5 Å². The average molecular weight is 476 g/mol. The van der Waals surface area contributed by atoms with Crippen molar-refractivity contribution in [1.29, 1.82) is 0 Å². The second-order valence-corrected chi connectivity index (χ2v) is 10.0. The van der Waals surface area contributed by atoms with Crippen LogP contribution in [-0.2, 0) is 14.3 Å². The normalized spacial score (nSPS) is 31.3. The molecule has 4 fully saturated rings. The fourth-order valence-electron chi connectivity index (χ4n) is 6.05. The minimum atomic E-state index is -0.876. The first-order valence-electron chi connectivity index (χ1n) is 12.2. The van der Waals surface area contributed by atoms with Gasteiger partial charge in [0.1, 0.15) is 6.04 Å². The number of likely N-dealkylation sites (tertiary alicyclic amines) is 1. The summed E-state index contributed by atoms with van der Waals surface area (Å²) in [6.45, 7) is 0.593. The predicted molar refractivity (Wildman–Crippen MR) is 126 cm³/mol. The highest BCUT2D eigenvalue weighted by atomic mass is 16.5. The van der Waals surface area contributed by atoms with E-state index in [0.717, 1.165) is 19.3 Å². The molecule has 4 aliphatic rings. The van der Waals surface area contributed by atoms with Gasteiger partial charge >= 0.3 is 11.9 Å². The van der Waals surface area contributed by atoms with Crippen LogP contribution >= 0.6 is 0 Å². The fourth-order valence-corrected chi connectivity index (χ4v) is 6.05. The van der Waals surface area contributed by atoms with Gasteiger partial charge in [0.25, 0.3) is 5.91 Å². The van der Waals surface area contributed by atoms with Gasteiger partial charge in [-0.25, -0.2) is 4.79 Å². The predicted octanol–water partition coefficient (Wildman–Crippen LogP) is 3.55. The monoisotopic (exact) mass is 475 g/mol. The summed E-state index contributed by atoms with van der Waals surface area (Å²) in [5.41, 5.74) is 1.28. The number of ether oxygens (including phenoxy) is 1. The maximum absolute atomic E-state index is 12.4. The average Bonchev–Trinajstić information content (AvgIpc) is 3.77. The van der Waals surface area contributed by atoms with Crippen molar-refractivity contribution in [3.05, 3.63) is 71.8 Å².